The number of aromatic nitrogens is 2. The fraction of sp³-hybridized carbons (Fsp3) is 0.0385. The van der Waals surface area contributed by atoms with E-state index in [1.807, 2.05) is 24.4 Å². The van der Waals surface area contributed by atoms with Crippen LogP contribution in [0.15, 0.2) is 85.1 Å². The van der Waals surface area contributed by atoms with Crippen molar-refractivity contribution < 1.29 is 4.74 Å². The molecule has 0 aliphatic carbocycles. The van der Waals surface area contributed by atoms with E-state index < -0.39 is 0 Å². The predicted molar refractivity (Wildman–Crippen MR) is 121 cm³/mol. The maximum absolute atomic E-state index is 5.28. The standard InChI is InChI=1S/C26H20N2O/c1-29-22-12-9-19(10-13-22)21-11-14-24-23(17-21)25-20(15-16-27-26(25)28-24)8-7-18-5-3-2-4-6-18/h2-17H,1H3,(H,27,28)/b8-7+. The van der Waals surface area contributed by atoms with Crippen molar-refractivity contribution in [2.75, 3.05) is 7.11 Å². The predicted octanol–water partition coefficient (Wildman–Crippen LogP) is 6.56. The number of methoxy groups -OCH3 is 1. The first-order chi connectivity index (χ1) is 14.3. The number of rotatable bonds is 4. The van der Waals surface area contributed by atoms with E-state index in [2.05, 4.69) is 82.8 Å². The molecule has 0 saturated heterocycles. The Balaban J connectivity index is 1.64. The van der Waals surface area contributed by atoms with Gasteiger partial charge in [0.05, 0.1) is 7.11 Å². The summed E-state index contributed by atoms with van der Waals surface area (Å²) in [5, 5.41) is 2.32. The molecule has 3 heteroatoms. The van der Waals surface area contributed by atoms with Crippen LogP contribution in [0.1, 0.15) is 11.1 Å². The second-order valence-corrected chi connectivity index (χ2v) is 6.98. The fourth-order valence-corrected chi connectivity index (χ4v) is 3.69. The van der Waals surface area contributed by atoms with E-state index in [1.165, 1.54) is 16.5 Å². The molecule has 140 valence electrons. The van der Waals surface area contributed by atoms with Crippen LogP contribution in [0, 0.1) is 0 Å². The Kier molecular flexibility index (Phi) is 4.34. The summed E-state index contributed by atoms with van der Waals surface area (Å²) in [5.41, 5.74) is 6.65. The lowest BCUT2D eigenvalue weighted by Gasteiger charge is -2.05. The molecule has 2 aromatic heterocycles. The van der Waals surface area contributed by atoms with Crippen molar-refractivity contribution in [3.05, 3.63) is 96.2 Å². The third-order valence-electron chi connectivity index (χ3n) is 5.20. The summed E-state index contributed by atoms with van der Waals surface area (Å²) in [6, 6.07) is 27.1. The van der Waals surface area contributed by atoms with Crippen LogP contribution in [-0.2, 0) is 0 Å². The molecule has 0 atom stereocenters. The SMILES string of the molecule is COc1ccc(-c2ccc3[nH]c4nccc(/C=C/c5ccccc5)c4c3c2)cc1. The lowest BCUT2D eigenvalue weighted by atomic mass is 10.0. The Morgan fingerprint density at radius 3 is 2.41 bits per heavy atom. The van der Waals surface area contributed by atoms with Crippen LogP contribution in [0.5, 0.6) is 5.75 Å². The van der Waals surface area contributed by atoms with Crippen LogP contribution in [-0.4, -0.2) is 17.1 Å². The number of nitrogens with zero attached hydrogens (tertiary/aromatic N) is 1. The van der Waals surface area contributed by atoms with Crippen LogP contribution in [0.3, 0.4) is 0 Å². The van der Waals surface area contributed by atoms with Gasteiger partial charge >= 0.3 is 0 Å². The topological polar surface area (TPSA) is 37.9 Å². The van der Waals surface area contributed by atoms with Gasteiger partial charge < -0.3 is 9.72 Å². The number of aromatic amines is 1. The van der Waals surface area contributed by atoms with Crippen LogP contribution in [0.2, 0.25) is 0 Å². The average molecular weight is 376 g/mol. The van der Waals surface area contributed by atoms with Gasteiger partial charge in [0.2, 0.25) is 0 Å². The first kappa shape index (κ1) is 17.3. The Morgan fingerprint density at radius 1 is 0.828 bits per heavy atom. The van der Waals surface area contributed by atoms with Crippen LogP contribution < -0.4 is 4.74 Å². The highest BCUT2D eigenvalue weighted by Crippen LogP contribution is 2.32. The molecule has 0 spiro atoms. The number of ether oxygens (including phenoxy) is 1. The van der Waals surface area contributed by atoms with Crippen molar-refractivity contribution >= 4 is 34.1 Å². The molecule has 0 fully saturated rings. The van der Waals surface area contributed by atoms with E-state index >= 15 is 0 Å². The summed E-state index contributed by atoms with van der Waals surface area (Å²) in [6.45, 7) is 0. The smallest absolute Gasteiger partial charge is 0.138 e. The summed E-state index contributed by atoms with van der Waals surface area (Å²) in [7, 11) is 1.69. The zero-order valence-electron chi connectivity index (χ0n) is 16.1. The van der Waals surface area contributed by atoms with Gasteiger partial charge in [0.1, 0.15) is 11.4 Å². The molecule has 3 aromatic carbocycles. The van der Waals surface area contributed by atoms with Gasteiger partial charge in [-0.3, -0.25) is 0 Å². The third-order valence-corrected chi connectivity index (χ3v) is 5.20. The highest BCUT2D eigenvalue weighted by molar-refractivity contribution is 6.11. The average Bonchev–Trinajstić information content (AvgIpc) is 3.17. The number of fused-ring (bicyclic) bond motifs is 3. The molecule has 1 N–H and O–H groups in total. The quantitative estimate of drug-likeness (QED) is 0.385. The molecular formula is C26H20N2O. The highest BCUT2D eigenvalue weighted by Gasteiger charge is 2.10. The summed E-state index contributed by atoms with van der Waals surface area (Å²) < 4.78 is 5.28. The zero-order valence-corrected chi connectivity index (χ0v) is 16.1. The number of pyridine rings is 1. The maximum Gasteiger partial charge on any atom is 0.138 e. The Labute approximate surface area is 169 Å². The van der Waals surface area contributed by atoms with E-state index in [0.29, 0.717) is 0 Å². The number of H-pyrrole nitrogens is 1. The van der Waals surface area contributed by atoms with Gasteiger partial charge in [0.15, 0.2) is 0 Å². The molecule has 0 radical (unpaired) electrons. The molecule has 5 aromatic rings. The van der Waals surface area contributed by atoms with E-state index in [0.717, 1.165) is 33.4 Å². The summed E-state index contributed by atoms with van der Waals surface area (Å²) in [5.74, 6) is 0.861. The largest absolute Gasteiger partial charge is 0.497 e. The van der Waals surface area contributed by atoms with E-state index in [1.54, 1.807) is 7.11 Å². The van der Waals surface area contributed by atoms with E-state index in [-0.39, 0.29) is 0 Å². The van der Waals surface area contributed by atoms with Gasteiger partial charge in [-0.2, -0.15) is 0 Å². The Morgan fingerprint density at radius 2 is 1.62 bits per heavy atom. The first-order valence-corrected chi connectivity index (χ1v) is 9.60. The number of hydrogen-bond donors (Lipinski definition) is 1. The minimum atomic E-state index is 0.861. The second-order valence-electron chi connectivity index (χ2n) is 6.98. The molecule has 0 aliphatic heterocycles. The van der Waals surface area contributed by atoms with Crippen LogP contribution >= 0.6 is 0 Å². The minimum Gasteiger partial charge on any atom is -0.497 e. The number of hydrogen-bond acceptors (Lipinski definition) is 2. The Hall–Kier alpha value is -3.85. The molecule has 2 heterocycles. The van der Waals surface area contributed by atoms with Gasteiger partial charge in [-0.25, -0.2) is 4.98 Å². The van der Waals surface area contributed by atoms with Crippen LogP contribution in [0.25, 0.3) is 45.2 Å². The molecule has 0 aliphatic rings. The zero-order chi connectivity index (χ0) is 19.6. The van der Waals surface area contributed by atoms with E-state index in [4.69, 9.17) is 4.74 Å². The molecule has 29 heavy (non-hydrogen) atoms. The molecule has 3 nitrogen and oxygen atoms in total. The maximum atomic E-state index is 5.28. The number of benzene rings is 3. The lowest BCUT2D eigenvalue weighted by Crippen LogP contribution is -1.83. The van der Waals surface area contributed by atoms with Crippen molar-refractivity contribution in [3.63, 3.8) is 0 Å². The highest BCUT2D eigenvalue weighted by atomic mass is 16.5. The van der Waals surface area contributed by atoms with Crippen LogP contribution in [0.4, 0.5) is 0 Å². The molecule has 0 saturated carbocycles. The van der Waals surface area contributed by atoms with Crippen molar-refractivity contribution in [2.45, 2.75) is 0 Å². The van der Waals surface area contributed by atoms with Gasteiger partial charge in [-0.1, -0.05) is 60.7 Å². The minimum absolute atomic E-state index is 0.861. The van der Waals surface area contributed by atoms with Gasteiger partial charge in [-0.05, 0) is 52.6 Å². The van der Waals surface area contributed by atoms with Gasteiger partial charge in [0.25, 0.3) is 0 Å². The first-order valence-electron chi connectivity index (χ1n) is 9.60. The number of nitrogens with one attached hydrogen (secondary N) is 1. The molecular weight excluding hydrogens is 356 g/mol. The lowest BCUT2D eigenvalue weighted by molar-refractivity contribution is 0.415. The Bertz CT molecular complexity index is 1320. The summed E-state index contributed by atoms with van der Waals surface area (Å²) >= 11 is 0. The van der Waals surface area contributed by atoms with Gasteiger partial charge in [-0.15, -0.1) is 0 Å². The fourth-order valence-electron chi connectivity index (χ4n) is 3.69. The van der Waals surface area contributed by atoms with Crippen molar-refractivity contribution in [1.82, 2.24) is 9.97 Å². The summed E-state index contributed by atoms with van der Waals surface area (Å²) in [4.78, 5) is 8.00. The summed E-state index contributed by atoms with van der Waals surface area (Å²) in [6.07, 6.45) is 6.15. The monoisotopic (exact) mass is 376 g/mol. The van der Waals surface area contributed by atoms with Crippen molar-refractivity contribution in [3.8, 4) is 16.9 Å². The molecule has 0 amide bonds. The molecule has 0 bridgehead atoms. The van der Waals surface area contributed by atoms with Gasteiger partial charge in [0, 0.05) is 22.5 Å². The van der Waals surface area contributed by atoms with Crippen molar-refractivity contribution in [2.24, 2.45) is 0 Å². The molecule has 5 rings (SSSR count). The normalized spacial score (nSPS) is 11.5. The van der Waals surface area contributed by atoms with E-state index in [9.17, 15) is 0 Å². The third kappa shape index (κ3) is 3.27. The molecule has 0 unspecified atom stereocenters. The van der Waals surface area contributed by atoms with Crippen molar-refractivity contribution in [1.29, 1.82) is 0 Å². The second kappa shape index (κ2) is 7.28.